The van der Waals surface area contributed by atoms with E-state index in [4.69, 9.17) is 4.74 Å². The molecule has 1 aromatic carbocycles. The second kappa shape index (κ2) is 4.32. The van der Waals surface area contributed by atoms with Crippen molar-refractivity contribution in [3.05, 3.63) is 35.4 Å². The van der Waals surface area contributed by atoms with E-state index in [0.717, 1.165) is 18.4 Å². The van der Waals surface area contributed by atoms with Crippen molar-refractivity contribution >= 4 is 11.9 Å². The number of esters is 2. The zero-order valence-corrected chi connectivity index (χ0v) is 10.2. The molecule has 2 rings (SSSR count). The third-order valence-electron chi connectivity index (χ3n) is 3.41. The van der Waals surface area contributed by atoms with Crippen LogP contribution in [0.25, 0.3) is 0 Å². The third kappa shape index (κ3) is 1.86. The molecular weight excluding hydrogens is 216 g/mol. The molecule has 0 fully saturated rings. The first kappa shape index (κ1) is 11.8. The summed E-state index contributed by atoms with van der Waals surface area (Å²) in [7, 11) is 0. The molecule has 0 spiro atoms. The Kier molecular flexibility index (Phi) is 3.01. The van der Waals surface area contributed by atoms with Crippen molar-refractivity contribution in [3.8, 4) is 0 Å². The van der Waals surface area contributed by atoms with Crippen LogP contribution < -0.4 is 0 Å². The Labute approximate surface area is 101 Å². The molecule has 3 nitrogen and oxygen atoms in total. The van der Waals surface area contributed by atoms with E-state index in [1.165, 1.54) is 0 Å². The molecule has 1 atom stereocenters. The second-order valence-electron chi connectivity index (χ2n) is 4.66. The van der Waals surface area contributed by atoms with Gasteiger partial charge in [0.2, 0.25) is 0 Å². The molecule has 0 aromatic heterocycles. The van der Waals surface area contributed by atoms with Crippen LogP contribution in [-0.2, 0) is 14.9 Å². The molecule has 1 heterocycles. The van der Waals surface area contributed by atoms with Gasteiger partial charge in [-0.05, 0) is 25.0 Å². The summed E-state index contributed by atoms with van der Waals surface area (Å²) in [6, 6.07) is 7.21. The van der Waals surface area contributed by atoms with Gasteiger partial charge in [-0.2, -0.15) is 0 Å². The first-order valence-electron chi connectivity index (χ1n) is 5.95. The van der Waals surface area contributed by atoms with Crippen molar-refractivity contribution in [2.75, 3.05) is 0 Å². The quantitative estimate of drug-likeness (QED) is 0.594. The smallest absolute Gasteiger partial charge is 0.346 e. The molecule has 0 amide bonds. The maximum atomic E-state index is 12.0. The highest BCUT2D eigenvalue weighted by molar-refractivity contribution is 6.05. The zero-order chi connectivity index (χ0) is 12.5. The van der Waals surface area contributed by atoms with Crippen LogP contribution in [0.15, 0.2) is 24.3 Å². The molecule has 3 heteroatoms. The number of fused-ring (bicyclic) bond motifs is 1. The first-order valence-corrected chi connectivity index (χ1v) is 5.95. The lowest BCUT2D eigenvalue weighted by molar-refractivity contribution is -0.145. The predicted molar refractivity (Wildman–Crippen MR) is 63.7 cm³/mol. The highest BCUT2D eigenvalue weighted by Crippen LogP contribution is 2.37. The number of hydrogen-bond acceptors (Lipinski definition) is 3. The molecule has 1 aromatic rings. The molecule has 1 unspecified atom stereocenters. The average molecular weight is 232 g/mol. The van der Waals surface area contributed by atoms with Gasteiger partial charge < -0.3 is 4.74 Å². The highest BCUT2D eigenvalue weighted by atomic mass is 16.6. The Morgan fingerprint density at radius 3 is 2.65 bits per heavy atom. The van der Waals surface area contributed by atoms with E-state index in [1.807, 2.05) is 19.1 Å². The average Bonchev–Trinajstić information content (AvgIpc) is 2.34. The fraction of sp³-hybridized carbons (Fsp3) is 0.429. The van der Waals surface area contributed by atoms with Crippen LogP contribution in [0.5, 0.6) is 0 Å². The molecule has 0 radical (unpaired) electrons. The number of ether oxygens (including phenoxy) is 1. The van der Waals surface area contributed by atoms with E-state index in [0.29, 0.717) is 12.0 Å². The van der Waals surface area contributed by atoms with E-state index in [1.54, 1.807) is 12.1 Å². The fourth-order valence-electron chi connectivity index (χ4n) is 2.27. The summed E-state index contributed by atoms with van der Waals surface area (Å²) in [4.78, 5) is 23.6. The third-order valence-corrected chi connectivity index (χ3v) is 3.41. The molecule has 1 aliphatic heterocycles. The molecule has 90 valence electrons. The van der Waals surface area contributed by atoms with Gasteiger partial charge in [-0.15, -0.1) is 0 Å². The van der Waals surface area contributed by atoms with Gasteiger partial charge in [-0.3, -0.25) is 4.79 Å². The van der Waals surface area contributed by atoms with E-state index in [-0.39, 0.29) is 0 Å². The molecule has 0 bridgehead atoms. The molecule has 0 aliphatic carbocycles. The minimum absolute atomic E-state index is 0.422. The van der Waals surface area contributed by atoms with Gasteiger partial charge in [0.1, 0.15) is 0 Å². The van der Waals surface area contributed by atoms with E-state index >= 15 is 0 Å². The van der Waals surface area contributed by atoms with Crippen LogP contribution in [0.2, 0.25) is 0 Å². The summed E-state index contributed by atoms with van der Waals surface area (Å²) in [5.74, 6) is -0.950. The number of benzene rings is 1. The van der Waals surface area contributed by atoms with Crippen LogP contribution >= 0.6 is 0 Å². The van der Waals surface area contributed by atoms with Gasteiger partial charge in [0.15, 0.2) is 0 Å². The topological polar surface area (TPSA) is 43.4 Å². The number of carbonyl (C=O) groups excluding carboxylic acids is 2. The zero-order valence-electron chi connectivity index (χ0n) is 10.2. The van der Waals surface area contributed by atoms with Crippen LogP contribution in [0.4, 0.5) is 0 Å². The summed E-state index contributed by atoms with van der Waals surface area (Å²) in [6.07, 6.45) is 2.67. The molecular formula is C14H16O3. The summed E-state index contributed by atoms with van der Waals surface area (Å²) in [5, 5.41) is 0. The number of carbonyl (C=O) groups is 2. The standard InChI is InChI=1S/C14H16O3/c1-3-4-9-14(2)11-8-6-5-7-10(11)12(15)17-13(14)16/h5-8H,3-4,9H2,1-2H3. The van der Waals surface area contributed by atoms with Gasteiger partial charge in [0.05, 0.1) is 11.0 Å². The Hall–Kier alpha value is -1.64. The SMILES string of the molecule is CCCCC1(C)C(=O)OC(=O)c2ccccc21. The summed E-state index contributed by atoms with van der Waals surface area (Å²) >= 11 is 0. The molecule has 0 saturated carbocycles. The monoisotopic (exact) mass is 232 g/mol. The normalized spacial score (nSPS) is 23.2. The lowest BCUT2D eigenvalue weighted by Crippen LogP contribution is -2.41. The number of hydrogen-bond donors (Lipinski definition) is 0. The van der Waals surface area contributed by atoms with Crippen molar-refractivity contribution in [1.82, 2.24) is 0 Å². The maximum Gasteiger partial charge on any atom is 0.346 e. The summed E-state index contributed by atoms with van der Waals surface area (Å²) < 4.78 is 4.85. The van der Waals surface area contributed by atoms with E-state index in [2.05, 4.69) is 6.92 Å². The van der Waals surface area contributed by atoms with Gasteiger partial charge in [0.25, 0.3) is 0 Å². The minimum Gasteiger partial charge on any atom is -0.389 e. The van der Waals surface area contributed by atoms with Gasteiger partial charge in [-0.1, -0.05) is 38.0 Å². The van der Waals surface area contributed by atoms with Gasteiger partial charge in [-0.25, -0.2) is 4.79 Å². The first-order chi connectivity index (χ1) is 8.09. The van der Waals surface area contributed by atoms with Crippen molar-refractivity contribution in [2.45, 2.75) is 38.5 Å². The molecule has 0 saturated heterocycles. The Balaban J connectivity index is 2.49. The summed E-state index contributed by atoms with van der Waals surface area (Å²) in [6.45, 7) is 3.94. The number of rotatable bonds is 3. The van der Waals surface area contributed by atoms with Crippen LogP contribution in [-0.4, -0.2) is 11.9 Å². The van der Waals surface area contributed by atoms with Crippen LogP contribution in [0, 0.1) is 0 Å². The van der Waals surface area contributed by atoms with E-state index < -0.39 is 17.4 Å². The second-order valence-corrected chi connectivity index (χ2v) is 4.66. The van der Waals surface area contributed by atoms with Crippen molar-refractivity contribution < 1.29 is 14.3 Å². The number of unbranched alkanes of at least 4 members (excludes halogenated alkanes) is 1. The van der Waals surface area contributed by atoms with Crippen molar-refractivity contribution in [1.29, 1.82) is 0 Å². The van der Waals surface area contributed by atoms with Crippen LogP contribution in [0.3, 0.4) is 0 Å². The minimum atomic E-state index is -0.680. The Morgan fingerprint density at radius 2 is 1.94 bits per heavy atom. The summed E-state index contributed by atoms with van der Waals surface area (Å²) in [5.41, 5.74) is 0.640. The van der Waals surface area contributed by atoms with Gasteiger partial charge >= 0.3 is 11.9 Å². The van der Waals surface area contributed by atoms with Crippen molar-refractivity contribution in [3.63, 3.8) is 0 Å². The Morgan fingerprint density at radius 1 is 1.24 bits per heavy atom. The number of cyclic esters (lactones) is 2. The largest absolute Gasteiger partial charge is 0.389 e. The van der Waals surface area contributed by atoms with Gasteiger partial charge in [0, 0.05) is 0 Å². The Bertz CT molecular complexity index is 464. The lowest BCUT2D eigenvalue weighted by Gasteiger charge is -2.32. The molecule has 1 aliphatic rings. The fourth-order valence-corrected chi connectivity index (χ4v) is 2.27. The lowest BCUT2D eigenvalue weighted by atomic mass is 9.75. The van der Waals surface area contributed by atoms with E-state index in [9.17, 15) is 9.59 Å². The van der Waals surface area contributed by atoms with Crippen molar-refractivity contribution in [2.24, 2.45) is 0 Å². The van der Waals surface area contributed by atoms with Crippen LogP contribution in [0.1, 0.15) is 49.0 Å². The molecule has 0 N–H and O–H groups in total. The highest BCUT2D eigenvalue weighted by Gasteiger charge is 2.44. The molecule has 17 heavy (non-hydrogen) atoms. The maximum absolute atomic E-state index is 12.0. The predicted octanol–water partition coefficient (Wildman–Crippen LogP) is 2.83.